The van der Waals surface area contributed by atoms with Crippen LogP contribution in [0.15, 0.2) is 163 Å². The molecule has 2 aliphatic carbocycles. The maximum absolute atomic E-state index is 5.17. The number of benzene rings is 6. The summed E-state index contributed by atoms with van der Waals surface area (Å²) in [6.07, 6.45) is 9.49. The summed E-state index contributed by atoms with van der Waals surface area (Å²) in [5.74, 6) is 0.833. The lowest BCUT2D eigenvalue weighted by atomic mass is 9.80. The van der Waals surface area contributed by atoms with Crippen molar-refractivity contribution in [2.75, 3.05) is 0 Å². The molecule has 0 unspecified atom stereocenters. The smallest absolute Gasteiger partial charge is 0.134 e. The molecule has 54 heavy (non-hydrogen) atoms. The van der Waals surface area contributed by atoms with E-state index in [1.54, 1.807) is 0 Å². The highest BCUT2D eigenvalue weighted by molar-refractivity contribution is 7.80. The lowest BCUT2D eigenvalue weighted by Crippen LogP contribution is -2.15. The second-order valence-corrected chi connectivity index (χ2v) is 15.6. The fraction of sp³-hybridized carbons (Fsp3) is 0.137. The number of allylic oxidation sites excluding steroid dienone is 4. The lowest BCUT2D eigenvalue weighted by Gasteiger charge is -2.23. The van der Waals surface area contributed by atoms with E-state index in [9.17, 15) is 0 Å². The van der Waals surface area contributed by atoms with E-state index in [1.807, 2.05) is 6.07 Å². The minimum Gasteiger partial charge on any atom is -0.233 e. The summed E-state index contributed by atoms with van der Waals surface area (Å²) in [5, 5.41) is 0. The van der Waals surface area contributed by atoms with E-state index in [0.717, 1.165) is 46.1 Å². The average molecular weight is 715 g/mol. The molecule has 0 bridgehead atoms. The quantitative estimate of drug-likeness (QED) is 0.166. The van der Waals surface area contributed by atoms with Gasteiger partial charge in [-0.3, -0.25) is 0 Å². The van der Waals surface area contributed by atoms with E-state index in [2.05, 4.69) is 172 Å². The van der Waals surface area contributed by atoms with E-state index in [4.69, 9.17) is 22.6 Å². The van der Waals surface area contributed by atoms with Crippen LogP contribution in [0.25, 0.3) is 61.3 Å². The molecule has 3 heteroatoms. The molecule has 6 aromatic carbocycles. The largest absolute Gasteiger partial charge is 0.233 e. The molecule has 0 fully saturated rings. The Morgan fingerprint density at radius 2 is 1.26 bits per heavy atom. The first-order valence-electron chi connectivity index (χ1n) is 18.9. The SMILES string of the molecule is Cc1cc2c(cc1-c1ccccc1Cc1nc(C3=CCCC=C3)cc(-c3ccccc3)n1)C(C)(C)c1cc(-c3cccc(-c4ccccc4S)c3)ccc1-2. The van der Waals surface area contributed by atoms with Crippen molar-refractivity contribution in [2.45, 2.75) is 50.3 Å². The van der Waals surface area contributed by atoms with Crippen molar-refractivity contribution in [3.63, 3.8) is 0 Å². The van der Waals surface area contributed by atoms with Crippen molar-refractivity contribution < 1.29 is 0 Å². The predicted octanol–water partition coefficient (Wildman–Crippen LogP) is 13.4. The molecule has 0 saturated heterocycles. The van der Waals surface area contributed by atoms with E-state index in [0.29, 0.717) is 6.42 Å². The summed E-state index contributed by atoms with van der Waals surface area (Å²) >= 11 is 4.74. The Balaban J connectivity index is 1.08. The molecular formula is C51H42N2S. The molecule has 2 aliphatic rings. The zero-order chi connectivity index (χ0) is 36.8. The molecule has 0 amide bonds. The van der Waals surface area contributed by atoms with E-state index in [1.165, 1.54) is 66.8 Å². The molecule has 262 valence electrons. The average Bonchev–Trinajstić information content (AvgIpc) is 3.42. The summed E-state index contributed by atoms with van der Waals surface area (Å²) in [5.41, 5.74) is 19.2. The van der Waals surface area contributed by atoms with Crippen molar-refractivity contribution in [1.29, 1.82) is 0 Å². The summed E-state index contributed by atoms with van der Waals surface area (Å²) in [6.45, 7) is 7.00. The first-order chi connectivity index (χ1) is 26.3. The maximum Gasteiger partial charge on any atom is 0.134 e. The Labute approximate surface area is 324 Å². The predicted molar refractivity (Wildman–Crippen MR) is 229 cm³/mol. The van der Waals surface area contributed by atoms with Gasteiger partial charge < -0.3 is 0 Å². The number of hydrogen-bond donors (Lipinski definition) is 1. The van der Waals surface area contributed by atoms with Crippen LogP contribution in [0.2, 0.25) is 0 Å². The molecular weight excluding hydrogens is 673 g/mol. The third-order valence-electron chi connectivity index (χ3n) is 11.2. The van der Waals surface area contributed by atoms with E-state index >= 15 is 0 Å². The van der Waals surface area contributed by atoms with Gasteiger partial charge in [-0.15, -0.1) is 12.6 Å². The third kappa shape index (κ3) is 6.23. The standard InChI is InChI=1S/C51H42N2S/c1-33-27-44-42-26-25-37(36-20-14-21-38(28-36)41-23-12-13-24-49(41)54)29-45(42)51(2,3)46(44)31-43(33)40-22-11-10-19-39(40)30-50-52-47(34-15-6-4-7-16-34)32-48(53-50)35-17-8-5-9-18-35/h4,6-8,10-29,31-32,54H,5,9,30H2,1-3H3. The topological polar surface area (TPSA) is 25.8 Å². The number of aryl methyl sites for hydroxylation is 1. The van der Waals surface area contributed by atoms with Gasteiger partial charge in [-0.05, 0) is 122 Å². The van der Waals surface area contributed by atoms with Crippen LogP contribution in [0, 0.1) is 6.92 Å². The van der Waals surface area contributed by atoms with Crippen molar-refractivity contribution in [3.05, 3.63) is 192 Å². The van der Waals surface area contributed by atoms with E-state index in [-0.39, 0.29) is 5.41 Å². The molecule has 2 nitrogen and oxygen atoms in total. The normalized spacial score (nSPS) is 14.0. The van der Waals surface area contributed by atoms with Crippen LogP contribution < -0.4 is 0 Å². The molecule has 0 spiro atoms. The highest BCUT2D eigenvalue weighted by Gasteiger charge is 2.36. The van der Waals surface area contributed by atoms with Gasteiger partial charge in [0.15, 0.2) is 0 Å². The molecule has 7 aromatic rings. The molecule has 1 aromatic heterocycles. The fourth-order valence-electron chi connectivity index (χ4n) is 8.33. The third-order valence-corrected chi connectivity index (χ3v) is 11.6. The minimum absolute atomic E-state index is 0.170. The number of thiol groups is 1. The molecule has 9 rings (SSSR count). The van der Waals surface area contributed by atoms with Crippen LogP contribution in [-0.4, -0.2) is 9.97 Å². The van der Waals surface area contributed by atoms with Crippen LogP contribution in [0.1, 0.15) is 60.5 Å². The van der Waals surface area contributed by atoms with Gasteiger partial charge in [0.05, 0.1) is 11.4 Å². The van der Waals surface area contributed by atoms with E-state index < -0.39 is 0 Å². The Bertz CT molecular complexity index is 2630. The second kappa shape index (κ2) is 13.9. The van der Waals surface area contributed by atoms with Gasteiger partial charge >= 0.3 is 0 Å². The number of nitrogens with zero attached hydrogens (tertiary/aromatic N) is 2. The molecule has 0 radical (unpaired) electrons. The first kappa shape index (κ1) is 34.0. The second-order valence-electron chi connectivity index (χ2n) is 15.1. The fourth-order valence-corrected chi connectivity index (χ4v) is 8.62. The van der Waals surface area contributed by atoms with Gasteiger partial charge in [-0.25, -0.2) is 9.97 Å². The Morgan fingerprint density at radius 1 is 0.556 bits per heavy atom. The highest BCUT2D eigenvalue weighted by atomic mass is 32.1. The highest BCUT2D eigenvalue weighted by Crippen LogP contribution is 2.51. The maximum atomic E-state index is 5.17. The monoisotopic (exact) mass is 714 g/mol. The summed E-state index contributed by atoms with van der Waals surface area (Å²) < 4.78 is 0. The summed E-state index contributed by atoms with van der Waals surface area (Å²) in [6, 6.07) is 50.4. The van der Waals surface area contributed by atoms with Crippen molar-refractivity contribution in [2.24, 2.45) is 0 Å². The van der Waals surface area contributed by atoms with Crippen molar-refractivity contribution >= 4 is 18.2 Å². The zero-order valence-corrected chi connectivity index (χ0v) is 31.9. The molecule has 0 saturated carbocycles. The summed E-state index contributed by atoms with van der Waals surface area (Å²) in [7, 11) is 0. The Morgan fingerprint density at radius 3 is 2.07 bits per heavy atom. The van der Waals surface area contributed by atoms with Gasteiger partial charge in [-0.1, -0.05) is 141 Å². The number of fused-ring (bicyclic) bond motifs is 3. The Kier molecular flexibility index (Phi) is 8.76. The molecule has 0 aliphatic heterocycles. The van der Waals surface area contributed by atoms with Crippen LogP contribution in [0.4, 0.5) is 0 Å². The van der Waals surface area contributed by atoms with Crippen molar-refractivity contribution in [1.82, 2.24) is 9.97 Å². The lowest BCUT2D eigenvalue weighted by molar-refractivity contribution is 0.660. The van der Waals surface area contributed by atoms with Gasteiger partial charge in [-0.2, -0.15) is 0 Å². The van der Waals surface area contributed by atoms with Gasteiger partial charge in [0.25, 0.3) is 0 Å². The van der Waals surface area contributed by atoms with Crippen LogP contribution in [-0.2, 0) is 11.8 Å². The zero-order valence-electron chi connectivity index (χ0n) is 31.0. The number of aromatic nitrogens is 2. The summed E-state index contributed by atoms with van der Waals surface area (Å²) in [4.78, 5) is 11.3. The Hall–Kier alpha value is -5.77. The first-order valence-corrected chi connectivity index (χ1v) is 19.4. The molecule has 0 N–H and O–H groups in total. The van der Waals surface area contributed by atoms with Crippen molar-refractivity contribution in [3.8, 4) is 55.8 Å². The molecule has 1 heterocycles. The minimum atomic E-state index is -0.170. The van der Waals surface area contributed by atoms with Gasteiger partial charge in [0.2, 0.25) is 0 Å². The van der Waals surface area contributed by atoms with Crippen LogP contribution >= 0.6 is 12.6 Å². The van der Waals surface area contributed by atoms with Crippen LogP contribution in [0.3, 0.4) is 0 Å². The van der Waals surface area contributed by atoms with Crippen LogP contribution in [0.5, 0.6) is 0 Å². The molecule has 0 atom stereocenters. The van der Waals surface area contributed by atoms with Gasteiger partial charge in [0, 0.05) is 22.3 Å². The number of rotatable bonds is 7. The van der Waals surface area contributed by atoms with Gasteiger partial charge in [0.1, 0.15) is 5.82 Å². The number of hydrogen-bond acceptors (Lipinski definition) is 3.